The molecule has 4 rings (SSSR count). The molecule has 1 fully saturated rings. The summed E-state index contributed by atoms with van der Waals surface area (Å²) in [5.74, 6) is 2.36. The van der Waals surface area contributed by atoms with E-state index in [9.17, 15) is 0 Å². The number of hydrogen-bond donors (Lipinski definition) is 2. The highest BCUT2D eigenvalue weighted by atomic mass is 15.2. The predicted octanol–water partition coefficient (Wildman–Crippen LogP) is 4.89. The second-order valence-electron chi connectivity index (χ2n) is 9.18. The number of rotatable bonds is 8. The Balaban J connectivity index is 1.27. The summed E-state index contributed by atoms with van der Waals surface area (Å²) in [6.07, 6.45) is 5.84. The van der Waals surface area contributed by atoms with Gasteiger partial charge in [0.2, 0.25) is 5.95 Å². The van der Waals surface area contributed by atoms with Crippen LogP contribution < -0.4 is 15.5 Å². The number of anilines is 2. The Morgan fingerprint density at radius 3 is 2.32 bits per heavy atom. The topological polar surface area (TPSA) is 53.1 Å². The van der Waals surface area contributed by atoms with E-state index in [-0.39, 0.29) is 0 Å². The quantitative estimate of drug-likeness (QED) is 0.547. The first-order valence-corrected chi connectivity index (χ1v) is 11.6. The van der Waals surface area contributed by atoms with Gasteiger partial charge in [0.15, 0.2) is 0 Å². The summed E-state index contributed by atoms with van der Waals surface area (Å²) in [6.45, 7) is 3.42. The first-order valence-electron chi connectivity index (χ1n) is 11.6. The summed E-state index contributed by atoms with van der Waals surface area (Å²) >= 11 is 0. The van der Waals surface area contributed by atoms with Crippen molar-refractivity contribution >= 4 is 22.7 Å². The lowest BCUT2D eigenvalue weighted by atomic mass is 9.90. The maximum atomic E-state index is 4.80. The summed E-state index contributed by atoms with van der Waals surface area (Å²) < 4.78 is 0. The molecule has 0 aliphatic heterocycles. The molecule has 0 radical (unpaired) electrons. The molecule has 1 unspecified atom stereocenters. The van der Waals surface area contributed by atoms with Gasteiger partial charge in [0.05, 0.1) is 5.52 Å². The van der Waals surface area contributed by atoms with Gasteiger partial charge in [-0.15, -0.1) is 0 Å². The smallest absolute Gasteiger partial charge is 0.225 e. The normalized spacial score (nSPS) is 19.8. The minimum atomic E-state index is 0.441. The highest BCUT2D eigenvalue weighted by Gasteiger charge is 2.22. The number of benzene rings is 2. The number of para-hydroxylation sites is 1. The lowest BCUT2D eigenvalue weighted by Crippen LogP contribution is -2.39. The van der Waals surface area contributed by atoms with Crippen molar-refractivity contribution in [1.29, 1.82) is 0 Å². The summed E-state index contributed by atoms with van der Waals surface area (Å²) in [7, 11) is 4.07. The SMILES string of the molecule is CC(CN[C@H]1CC[C@@H](Nc2nc(N(C)C)c3ccccc3n2)CC1)Cc1ccccc1. The predicted molar refractivity (Wildman–Crippen MR) is 131 cm³/mol. The zero-order chi connectivity index (χ0) is 21.6. The molecule has 0 spiro atoms. The van der Waals surface area contributed by atoms with Gasteiger partial charge in [-0.25, -0.2) is 4.98 Å². The second kappa shape index (κ2) is 10.1. The fraction of sp³-hybridized carbons (Fsp3) is 0.462. The van der Waals surface area contributed by atoms with E-state index >= 15 is 0 Å². The molecule has 2 N–H and O–H groups in total. The Morgan fingerprint density at radius 2 is 1.58 bits per heavy atom. The van der Waals surface area contributed by atoms with Gasteiger partial charge in [-0.3, -0.25) is 0 Å². The van der Waals surface area contributed by atoms with E-state index in [4.69, 9.17) is 9.97 Å². The molecule has 5 nitrogen and oxygen atoms in total. The van der Waals surface area contributed by atoms with Crippen LogP contribution in [0.4, 0.5) is 11.8 Å². The lowest BCUT2D eigenvalue weighted by Gasteiger charge is -2.30. The molecule has 1 atom stereocenters. The van der Waals surface area contributed by atoms with E-state index in [0.29, 0.717) is 18.0 Å². The van der Waals surface area contributed by atoms with E-state index in [0.717, 1.165) is 48.5 Å². The van der Waals surface area contributed by atoms with Crippen molar-refractivity contribution in [2.45, 2.75) is 51.1 Å². The highest BCUT2D eigenvalue weighted by Crippen LogP contribution is 2.26. The van der Waals surface area contributed by atoms with Crippen molar-refractivity contribution in [2.75, 3.05) is 30.9 Å². The lowest BCUT2D eigenvalue weighted by molar-refractivity contribution is 0.336. The van der Waals surface area contributed by atoms with Crippen LogP contribution in [-0.2, 0) is 6.42 Å². The van der Waals surface area contributed by atoms with Crippen LogP contribution in [0.25, 0.3) is 10.9 Å². The molecule has 0 saturated heterocycles. The van der Waals surface area contributed by atoms with Crippen molar-refractivity contribution in [3.8, 4) is 0 Å². The van der Waals surface area contributed by atoms with Gasteiger partial charge in [0.25, 0.3) is 0 Å². The van der Waals surface area contributed by atoms with Crippen LogP contribution in [0.15, 0.2) is 54.6 Å². The minimum absolute atomic E-state index is 0.441. The summed E-state index contributed by atoms with van der Waals surface area (Å²) in [4.78, 5) is 11.6. The largest absolute Gasteiger partial charge is 0.362 e. The maximum Gasteiger partial charge on any atom is 0.225 e. The standard InChI is InChI=1S/C26H35N5/c1-19(17-20-9-5-4-6-10-20)18-27-21-13-15-22(16-14-21)28-26-29-24-12-8-7-11-23(24)25(30-26)31(2)3/h4-12,19,21-22,27H,13-18H2,1-3H3,(H,28,29,30)/t19?,21-,22+. The fourth-order valence-electron chi connectivity index (χ4n) is 4.55. The van der Waals surface area contributed by atoms with Crippen LogP contribution in [0.5, 0.6) is 0 Å². The molecule has 1 aliphatic carbocycles. The van der Waals surface area contributed by atoms with Gasteiger partial charge >= 0.3 is 0 Å². The molecule has 2 aromatic carbocycles. The Kier molecular flexibility index (Phi) is 7.03. The third kappa shape index (κ3) is 5.73. The average molecular weight is 418 g/mol. The molecule has 3 aromatic rings. The van der Waals surface area contributed by atoms with E-state index in [1.165, 1.54) is 18.4 Å². The average Bonchev–Trinajstić information content (AvgIpc) is 2.78. The number of hydrogen-bond acceptors (Lipinski definition) is 5. The van der Waals surface area contributed by atoms with Crippen LogP contribution in [-0.4, -0.2) is 42.7 Å². The van der Waals surface area contributed by atoms with Gasteiger partial charge in [-0.1, -0.05) is 49.4 Å². The van der Waals surface area contributed by atoms with E-state index < -0.39 is 0 Å². The van der Waals surface area contributed by atoms with E-state index in [1.807, 2.05) is 26.2 Å². The molecule has 0 amide bonds. The van der Waals surface area contributed by atoms with Crippen molar-refractivity contribution in [1.82, 2.24) is 15.3 Å². The Labute approximate surface area is 186 Å². The van der Waals surface area contributed by atoms with Gasteiger partial charge in [-0.2, -0.15) is 4.98 Å². The Hall–Kier alpha value is -2.66. The molecule has 5 heteroatoms. The number of nitrogens with zero attached hydrogens (tertiary/aromatic N) is 3. The first kappa shape index (κ1) is 21.6. The number of aromatic nitrogens is 2. The first-order chi connectivity index (χ1) is 15.1. The van der Waals surface area contributed by atoms with E-state index in [1.54, 1.807) is 0 Å². The molecule has 1 saturated carbocycles. The molecular weight excluding hydrogens is 382 g/mol. The molecule has 1 aromatic heterocycles. The molecular formula is C26H35N5. The minimum Gasteiger partial charge on any atom is -0.362 e. The zero-order valence-electron chi connectivity index (χ0n) is 19.0. The van der Waals surface area contributed by atoms with Crippen molar-refractivity contribution in [3.63, 3.8) is 0 Å². The summed E-state index contributed by atoms with van der Waals surface area (Å²) in [6, 6.07) is 20.1. The molecule has 164 valence electrons. The van der Waals surface area contributed by atoms with Gasteiger partial charge in [0.1, 0.15) is 5.82 Å². The van der Waals surface area contributed by atoms with Crippen LogP contribution in [0.1, 0.15) is 38.2 Å². The zero-order valence-corrected chi connectivity index (χ0v) is 19.0. The second-order valence-corrected chi connectivity index (χ2v) is 9.18. The summed E-state index contributed by atoms with van der Waals surface area (Å²) in [5, 5.41) is 8.51. The van der Waals surface area contributed by atoms with Crippen LogP contribution >= 0.6 is 0 Å². The van der Waals surface area contributed by atoms with Gasteiger partial charge in [-0.05, 0) is 62.3 Å². The molecule has 0 bridgehead atoms. The third-order valence-electron chi connectivity index (χ3n) is 6.25. The summed E-state index contributed by atoms with van der Waals surface area (Å²) in [5.41, 5.74) is 2.42. The number of nitrogens with one attached hydrogen (secondary N) is 2. The van der Waals surface area contributed by atoms with Crippen LogP contribution in [0, 0.1) is 5.92 Å². The van der Waals surface area contributed by atoms with Gasteiger partial charge < -0.3 is 15.5 Å². The Bertz CT molecular complexity index is 964. The van der Waals surface area contributed by atoms with Crippen molar-refractivity contribution in [3.05, 3.63) is 60.2 Å². The fourth-order valence-corrected chi connectivity index (χ4v) is 4.55. The maximum absolute atomic E-state index is 4.80. The van der Waals surface area contributed by atoms with Crippen molar-refractivity contribution in [2.24, 2.45) is 5.92 Å². The van der Waals surface area contributed by atoms with Crippen LogP contribution in [0.3, 0.4) is 0 Å². The highest BCUT2D eigenvalue weighted by molar-refractivity contribution is 5.90. The van der Waals surface area contributed by atoms with Crippen molar-refractivity contribution < 1.29 is 0 Å². The number of fused-ring (bicyclic) bond motifs is 1. The molecule has 31 heavy (non-hydrogen) atoms. The monoisotopic (exact) mass is 417 g/mol. The van der Waals surface area contributed by atoms with E-state index in [2.05, 4.69) is 64.9 Å². The molecule has 1 heterocycles. The molecule has 1 aliphatic rings. The van der Waals surface area contributed by atoms with Gasteiger partial charge in [0, 0.05) is 31.6 Å². The van der Waals surface area contributed by atoms with Crippen LogP contribution in [0.2, 0.25) is 0 Å². The Morgan fingerprint density at radius 1 is 0.903 bits per heavy atom. The third-order valence-corrected chi connectivity index (χ3v) is 6.25.